The molecule has 4 heterocycles. The van der Waals surface area contributed by atoms with E-state index < -0.39 is 0 Å². The van der Waals surface area contributed by atoms with E-state index in [9.17, 15) is 10.1 Å². The quantitative estimate of drug-likeness (QED) is 0.652. The number of imidazole rings is 1. The number of anilines is 1. The van der Waals surface area contributed by atoms with E-state index in [2.05, 4.69) is 28.4 Å². The van der Waals surface area contributed by atoms with E-state index in [-0.39, 0.29) is 30.2 Å². The monoisotopic (exact) mass is 453 g/mol. The van der Waals surface area contributed by atoms with Gasteiger partial charge in [0.25, 0.3) is 0 Å². The summed E-state index contributed by atoms with van der Waals surface area (Å²) in [5.41, 5.74) is 11.1. The topological polar surface area (TPSA) is 96.7 Å². The van der Waals surface area contributed by atoms with Crippen LogP contribution in [0.3, 0.4) is 0 Å². The van der Waals surface area contributed by atoms with Crippen molar-refractivity contribution in [3.8, 4) is 6.07 Å². The molecule has 0 saturated carbocycles. The second kappa shape index (κ2) is 8.97. The maximum atomic E-state index is 11.7. The zero-order valence-corrected chi connectivity index (χ0v) is 19.0. The second-order valence-corrected chi connectivity index (χ2v) is 8.66. The fraction of sp³-hybridized carbons (Fsp3) is 0.458. The first kappa shape index (κ1) is 22.4. The number of nitriles is 1. The number of nitrogens with two attached hydrogens (primary N) is 1. The van der Waals surface area contributed by atoms with E-state index in [0.717, 1.165) is 85.6 Å². The maximum Gasteiger partial charge on any atom is 0.220 e. The number of pyridine rings is 1. The minimum absolute atomic E-state index is 0. The minimum Gasteiger partial charge on any atom is -0.381 e. The number of carbonyl (C=O) groups is 1. The molecule has 2 saturated heterocycles. The predicted molar refractivity (Wildman–Crippen MR) is 126 cm³/mol. The Morgan fingerprint density at radius 3 is 2.53 bits per heavy atom. The number of ether oxygens (including phenoxy) is 1. The fourth-order valence-corrected chi connectivity index (χ4v) is 5.37. The molecular weight excluding hydrogens is 426 g/mol. The van der Waals surface area contributed by atoms with Crippen molar-refractivity contribution in [2.45, 2.75) is 38.5 Å². The smallest absolute Gasteiger partial charge is 0.220 e. The fourth-order valence-electron chi connectivity index (χ4n) is 5.37. The first-order chi connectivity index (χ1) is 15.1. The van der Waals surface area contributed by atoms with Crippen LogP contribution in [-0.4, -0.2) is 41.6 Å². The van der Waals surface area contributed by atoms with Crippen molar-refractivity contribution in [3.63, 3.8) is 0 Å². The number of halogens is 1. The van der Waals surface area contributed by atoms with Gasteiger partial charge in [0.2, 0.25) is 5.91 Å². The van der Waals surface area contributed by atoms with Gasteiger partial charge in [0.05, 0.1) is 16.6 Å². The number of primary amides is 1. The molecule has 32 heavy (non-hydrogen) atoms. The SMILES string of the molecule is Cc1c(C2CCOCC2)c(C#N)c2nc3ccccc3n2c1N1CCC(C(N)=O)CC1.Cl. The van der Waals surface area contributed by atoms with Crippen molar-refractivity contribution in [2.24, 2.45) is 11.7 Å². The zero-order valence-electron chi connectivity index (χ0n) is 18.2. The average Bonchev–Trinajstić information content (AvgIpc) is 3.18. The normalized spacial score (nSPS) is 17.9. The number of rotatable bonds is 3. The molecule has 2 aromatic heterocycles. The number of amides is 1. The van der Waals surface area contributed by atoms with Crippen molar-refractivity contribution in [1.29, 1.82) is 5.26 Å². The molecule has 8 heteroatoms. The van der Waals surface area contributed by atoms with E-state index >= 15 is 0 Å². The summed E-state index contributed by atoms with van der Waals surface area (Å²) < 4.78 is 7.74. The number of hydrogen-bond donors (Lipinski definition) is 1. The summed E-state index contributed by atoms with van der Waals surface area (Å²) in [6.45, 7) is 5.09. The number of carbonyl (C=O) groups excluding carboxylic acids is 1. The molecule has 1 amide bonds. The van der Waals surface area contributed by atoms with Crippen LogP contribution in [0.2, 0.25) is 0 Å². The molecule has 3 aromatic rings. The van der Waals surface area contributed by atoms with Crippen LogP contribution in [0.1, 0.15) is 48.3 Å². The highest BCUT2D eigenvalue weighted by atomic mass is 35.5. The Balaban J connectivity index is 0.00000245. The summed E-state index contributed by atoms with van der Waals surface area (Å²) in [7, 11) is 0. The number of aromatic nitrogens is 2. The van der Waals surface area contributed by atoms with Crippen LogP contribution in [0.15, 0.2) is 24.3 Å². The predicted octanol–water partition coefficient (Wildman–Crippen LogP) is 3.69. The van der Waals surface area contributed by atoms with Crippen LogP contribution in [0.4, 0.5) is 5.82 Å². The molecule has 2 N–H and O–H groups in total. The highest BCUT2D eigenvalue weighted by molar-refractivity contribution is 5.87. The first-order valence-corrected chi connectivity index (χ1v) is 11.1. The summed E-state index contributed by atoms with van der Waals surface area (Å²) in [6.07, 6.45) is 3.31. The highest BCUT2D eigenvalue weighted by Gasteiger charge is 2.31. The molecule has 0 radical (unpaired) electrons. The summed E-state index contributed by atoms with van der Waals surface area (Å²) in [4.78, 5) is 18.9. The molecule has 0 bridgehead atoms. The molecular formula is C24H28ClN5O2. The van der Waals surface area contributed by atoms with E-state index in [1.165, 1.54) is 0 Å². The van der Waals surface area contributed by atoms with Gasteiger partial charge in [-0.1, -0.05) is 12.1 Å². The Kier molecular flexibility index (Phi) is 6.27. The lowest BCUT2D eigenvalue weighted by Crippen LogP contribution is -2.40. The van der Waals surface area contributed by atoms with Gasteiger partial charge in [0.15, 0.2) is 5.65 Å². The lowest BCUT2D eigenvalue weighted by Gasteiger charge is -2.35. The molecule has 0 aliphatic carbocycles. The van der Waals surface area contributed by atoms with Gasteiger partial charge in [-0.15, -0.1) is 12.4 Å². The Morgan fingerprint density at radius 1 is 1.19 bits per heavy atom. The molecule has 1 aromatic carbocycles. The van der Waals surface area contributed by atoms with Crippen LogP contribution in [0.5, 0.6) is 0 Å². The maximum absolute atomic E-state index is 11.7. The molecule has 2 fully saturated rings. The third-order valence-electron chi connectivity index (χ3n) is 6.94. The van der Waals surface area contributed by atoms with Crippen LogP contribution in [0, 0.1) is 24.2 Å². The van der Waals surface area contributed by atoms with Crippen molar-refractivity contribution < 1.29 is 9.53 Å². The molecule has 2 aliphatic heterocycles. The lowest BCUT2D eigenvalue weighted by molar-refractivity contribution is -0.122. The second-order valence-electron chi connectivity index (χ2n) is 8.66. The molecule has 7 nitrogen and oxygen atoms in total. The van der Waals surface area contributed by atoms with Crippen molar-refractivity contribution in [3.05, 3.63) is 41.0 Å². The van der Waals surface area contributed by atoms with Gasteiger partial charge < -0.3 is 15.4 Å². The minimum atomic E-state index is -0.211. The van der Waals surface area contributed by atoms with Crippen molar-refractivity contribution in [2.75, 3.05) is 31.2 Å². The van der Waals surface area contributed by atoms with Gasteiger partial charge in [-0.2, -0.15) is 5.26 Å². The van der Waals surface area contributed by atoms with Gasteiger partial charge in [0.1, 0.15) is 11.9 Å². The molecule has 168 valence electrons. The number of piperidine rings is 1. The molecule has 5 rings (SSSR count). The van der Waals surface area contributed by atoms with Crippen LogP contribution >= 0.6 is 12.4 Å². The summed E-state index contributed by atoms with van der Waals surface area (Å²) >= 11 is 0. The zero-order chi connectivity index (χ0) is 21.5. The van der Waals surface area contributed by atoms with Crippen LogP contribution in [0.25, 0.3) is 16.7 Å². The van der Waals surface area contributed by atoms with Crippen LogP contribution in [-0.2, 0) is 9.53 Å². The molecule has 0 atom stereocenters. The summed E-state index contributed by atoms with van der Waals surface area (Å²) in [6, 6.07) is 10.5. The number of fused-ring (bicyclic) bond motifs is 3. The van der Waals surface area contributed by atoms with Gasteiger partial charge in [-0.3, -0.25) is 9.20 Å². The Hall–Kier alpha value is -2.82. The van der Waals surface area contributed by atoms with Crippen molar-refractivity contribution >= 4 is 40.8 Å². The summed E-state index contributed by atoms with van der Waals surface area (Å²) in [5, 5.41) is 10.2. The Labute approximate surface area is 193 Å². The van der Waals surface area contributed by atoms with Gasteiger partial charge in [-0.05, 0) is 61.8 Å². The number of nitrogens with zero attached hydrogens (tertiary/aromatic N) is 4. The third-order valence-corrected chi connectivity index (χ3v) is 6.94. The highest BCUT2D eigenvalue weighted by Crippen LogP contribution is 2.40. The van der Waals surface area contributed by atoms with Gasteiger partial charge in [-0.25, -0.2) is 4.98 Å². The van der Waals surface area contributed by atoms with E-state index in [0.29, 0.717) is 5.56 Å². The first-order valence-electron chi connectivity index (χ1n) is 11.1. The number of benzene rings is 1. The molecule has 2 aliphatic rings. The third kappa shape index (κ3) is 3.58. The lowest BCUT2D eigenvalue weighted by atomic mass is 9.85. The molecule has 0 unspecified atom stereocenters. The van der Waals surface area contributed by atoms with E-state index in [1.54, 1.807) is 0 Å². The summed E-state index contributed by atoms with van der Waals surface area (Å²) in [5.74, 6) is 1.10. The van der Waals surface area contributed by atoms with Gasteiger partial charge in [0, 0.05) is 32.2 Å². The Morgan fingerprint density at radius 2 is 1.88 bits per heavy atom. The molecule has 0 spiro atoms. The van der Waals surface area contributed by atoms with Crippen molar-refractivity contribution in [1.82, 2.24) is 9.38 Å². The average molecular weight is 454 g/mol. The van der Waals surface area contributed by atoms with E-state index in [1.807, 2.05) is 18.2 Å². The standard InChI is InChI=1S/C24H27N5O2.ClH/c1-15-21(16-8-12-31-13-9-16)18(14-25)23-27-19-4-2-3-5-20(19)29(23)24(15)28-10-6-17(7-11-28)22(26)30;/h2-5,16-17H,6-13H2,1H3,(H2,26,30);1H. The Bertz CT molecular complexity index is 1200. The van der Waals surface area contributed by atoms with Crippen LogP contribution < -0.4 is 10.6 Å². The van der Waals surface area contributed by atoms with Gasteiger partial charge >= 0.3 is 0 Å². The largest absolute Gasteiger partial charge is 0.381 e. The number of hydrogen-bond acceptors (Lipinski definition) is 5. The number of para-hydroxylation sites is 2. The van der Waals surface area contributed by atoms with E-state index in [4.69, 9.17) is 15.5 Å².